The minimum Gasteiger partial charge on any atom is -0.342 e. The molecule has 3 rings (SSSR count). The summed E-state index contributed by atoms with van der Waals surface area (Å²) in [5.74, 6) is -0.361. The first-order valence-corrected chi connectivity index (χ1v) is 15.1. The van der Waals surface area contributed by atoms with Crippen molar-refractivity contribution in [3.05, 3.63) is 70.3 Å². The third kappa shape index (κ3) is 8.18. The van der Waals surface area contributed by atoms with Gasteiger partial charge in [-0.05, 0) is 74.0 Å². The Labute approximate surface area is 236 Å². The molecule has 0 saturated heterocycles. The number of amides is 1. The summed E-state index contributed by atoms with van der Waals surface area (Å²) in [4.78, 5) is 30.0. The number of hydrogen-bond donors (Lipinski definition) is 0. The smallest absolute Gasteiger partial charge is 0.230 e. The molecule has 0 radical (unpaired) electrons. The summed E-state index contributed by atoms with van der Waals surface area (Å²) in [6.07, 6.45) is 12.7. The molecule has 3 nitrogen and oxygen atoms in total. The maximum absolute atomic E-state index is 14.2. The predicted octanol–water partition coefficient (Wildman–Crippen LogP) is 9.09. The van der Waals surface area contributed by atoms with Crippen LogP contribution in [0.15, 0.2) is 59.7 Å². The van der Waals surface area contributed by atoms with E-state index in [1.54, 1.807) is 0 Å². The van der Waals surface area contributed by atoms with Crippen LogP contribution in [0, 0.1) is 17.3 Å². The Bertz CT molecular complexity index is 1040. The Balaban J connectivity index is 1.86. The molecule has 1 heterocycles. The van der Waals surface area contributed by atoms with Gasteiger partial charge in [-0.25, -0.2) is 0 Å². The molecule has 1 aromatic rings. The quantitative estimate of drug-likeness (QED) is 0.232. The molecule has 1 amide bonds. The van der Waals surface area contributed by atoms with E-state index in [4.69, 9.17) is 11.6 Å². The van der Waals surface area contributed by atoms with Crippen LogP contribution in [0.5, 0.6) is 0 Å². The van der Waals surface area contributed by atoms with E-state index >= 15 is 0 Å². The molecule has 0 unspecified atom stereocenters. The maximum atomic E-state index is 14.2. The highest BCUT2D eigenvalue weighted by atomic mass is 35.5. The third-order valence-corrected chi connectivity index (χ3v) is 8.45. The molecule has 1 saturated carbocycles. The number of benzene rings is 1. The first-order chi connectivity index (χ1) is 18.0. The lowest BCUT2D eigenvalue weighted by Crippen LogP contribution is -2.40. The standard InChI is InChI=1S/C34H48ClNO2/c1-7-9-12-29(33(38)36-20-10-11-25(8-2)19-21-36)24(3)32(37)30-18-13-26(23-34(4,5)6)22-31(30)27-14-16-28(35)17-15-27/h11,14-17,23,29-31H,3,7-10,12-13,18-22H2,1-2,4-6H3/b26-23-/t29-,30-,31+/m1/s1. The minimum absolute atomic E-state index is 0.0651. The van der Waals surface area contributed by atoms with E-state index in [2.05, 4.69) is 65.5 Å². The van der Waals surface area contributed by atoms with Crippen LogP contribution in [-0.4, -0.2) is 29.7 Å². The van der Waals surface area contributed by atoms with Crippen molar-refractivity contribution >= 4 is 23.3 Å². The summed E-state index contributed by atoms with van der Waals surface area (Å²) in [6, 6.07) is 7.96. The van der Waals surface area contributed by atoms with Gasteiger partial charge >= 0.3 is 0 Å². The Kier molecular flexibility index (Phi) is 11.0. The average molecular weight is 538 g/mol. The van der Waals surface area contributed by atoms with Crippen molar-refractivity contribution < 1.29 is 9.59 Å². The Morgan fingerprint density at radius 1 is 1.13 bits per heavy atom. The molecule has 1 aliphatic heterocycles. The lowest BCUT2D eigenvalue weighted by atomic mass is 9.68. The third-order valence-electron chi connectivity index (χ3n) is 8.20. The predicted molar refractivity (Wildman–Crippen MR) is 160 cm³/mol. The molecule has 0 N–H and O–H groups in total. The van der Waals surface area contributed by atoms with Gasteiger partial charge in [0.25, 0.3) is 0 Å². The van der Waals surface area contributed by atoms with Gasteiger partial charge in [0.2, 0.25) is 5.91 Å². The van der Waals surface area contributed by atoms with Crippen LogP contribution in [0.25, 0.3) is 0 Å². The van der Waals surface area contributed by atoms with Crippen molar-refractivity contribution in [1.29, 1.82) is 0 Å². The molecule has 0 aromatic heterocycles. The van der Waals surface area contributed by atoms with Gasteiger partial charge in [0.1, 0.15) is 0 Å². The minimum atomic E-state index is -0.428. The van der Waals surface area contributed by atoms with Crippen molar-refractivity contribution in [2.75, 3.05) is 13.1 Å². The molecule has 4 heteroatoms. The van der Waals surface area contributed by atoms with E-state index in [0.717, 1.165) is 70.0 Å². The van der Waals surface area contributed by atoms with Crippen LogP contribution >= 0.6 is 11.6 Å². The van der Waals surface area contributed by atoms with E-state index < -0.39 is 5.92 Å². The highest BCUT2D eigenvalue weighted by Crippen LogP contribution is 2.44. The zero-order chi connectivity index (χ0) is 27.9. The Morgan fingerprint density at radius 2 is 1.84 bits per heavy atom. The number of carbonyl (C=O) groups is 2. The molecule has 38 heavy (non-hydrogen) atoms. The molecular formula is C34H48ClNO2. The van der Waals surface area contributed by atoms with E-state index in [1.807, 2.05) is 17.0 Å². The number of rotatable bonds is 9. The first kappa shape index (κ1) is 30.4. The lowest BCUT2D eigenvalue weighted by molar-refractivity contribution is -0.136. The molecule has 1 aromatic carbocycles. The number of halogens is 1. The number of ketones is 1. The lowest BCUT2D eigenvalue weighted by Gasteiger charge is -2.35. The van der Waals surface area contributed by atoms with E-state index in [1.165, 1.54) is 11.1 Å². The van der Waals surface area contributed by atoms with Gasteiger partial charge in [-0.3, -0.25) is 9.59 Å². The monoisotopic (exact) mass is 537 g/mol. The van der Waals surface area contributed by atoms with Crippen LogP contribution in [0.2, 0.25) is 5.02 Å². The van der Waals surface area contributed by atoms with Crippen LogP contribution in [0.4, 0.5) is 0 Å². The van der Waals surface area contributed by atoms with Gasteiger partial charge < -0.3 is 4.90 Å². The fraction of sp³-hybridized carbons (Fsp3) is 0.588. The second-order valence-electron chi connectivity index (χ2n) is 12.3. The second kappa shape index (κ2) is 13.8. The number of unbranched alkanes of at least 4 members (excludes halogenated alkanes) is 1. The average Bonchev–Trinajstić information content (AvgIpc) is 3.13. The van der Waals surface area contributed by atoms with Crippen LogP contribution < -0.4 is 0 Å². The van der Waals surface area contributed by atoms with Crippen molar-refractivity contribution in [3.8, 4) is 0 Å². The normalized spacial score (nSPS) is 22.5. The fourth-order valence-corrected chi connectivity index (χ4v) is 6.26. The van der Waals surface area contributed by atoms with Crippen LogP contribution in [0.1, 0.15) is 104 Å². The number of carbonyl (C=O) groups excluding carboxylic acids is 2. The number of Topliss-reactive ketones (excluding diaryl/α,β-unsaturated/α-hetero) is 1. The number of nitrogens with zero attached hydrogens (tertiary/aromatic N) is 1. The molecule has 0 spiro atoms. The molecule has 0 bridgehead atoms. The highest BCUT2D eigenvalue weighted by Gasteiger charge is 2.38. The Morgan fingerprint density at radius 3 is 2.47 bits per heavy atom. The molecule has 208 valence electrons. The summed E-state index contributed by atoms with van der Waals surface area (Å²) in [5, 5.41) is 0.700. The van der Waals surface area contributed by atoms with Gasteiger partial charge in [0, 0.05) is 29.6 Å². The van der Waals surface area contributed by atoms with Crippen molar-refractivity contribution in [2.45, 2.75) is 98.3 Å². The van der Waals surface area contributed by atoms with E-state index in [9.17, 15) is 9.59 Å². The zero-order valence-electron chi connectivity index (χ0n) is 24.3. The maximum Gasteiger partial charge on any atom is 0.230 e. The summed E-state index contributed by atoms with van der Waals surface area (Å²) < 4.78 is 0. The topological polar surface area (TPSA) is 37.4 Å². The highest BCUT2D eigenvalue weighted by molar-refractivity contribution is 6.30. The summed E-state index contributed by atoms with van der Waals surface area (Å²) in [7, 11) is 0. The Hall–Kier alpha value is -2.13. The zero-order valence-corrected chi connectivity index (χ0v) is 25.1. The number of allylic oxidation sites excluding steroid dienone is 2. The van der Waals surface area contributed by atoms with Gasteiger partial charge in [0.15, 0.2) is 5.78 Å². The largest absolute Gasteiger partial charge is 0.342 e. The fourth-order valence-electron chi connectivity index (χ4n) is 6.13. The van der Waals surface area contributed by atoms with Gasteiger partial charge in [-0.15, -0.1) is 0 Å². The molecule has 3 atom stereocenters. The van der Waals surface area contributed by atoms with E-state index in [-0.39, 0.29) is 28.9 Å². The van der Waals surface area contributed by atoms with Crippen molar-refractivity contribution in [3.63, 3.8) is 0 Å². The van der Waals surface area contributed by atoms with E-state index in [0.29, 0.717) is 17.0 Å². The van der Waals surface area contributed by atoms with Gasteiger partial charge in [-0.2, -0.15) is 0 Å². The van der Waals surface area contributed by atoms with Crippen molar-refractivity contribution in [2.24, 2.45) is 17.3 Å². The molecule has 1 fully saturated rings. The van der Waals surface area contributed by atoms with Gasteiger partial charge in [-0.1, -0.05) is 101 Å². The summed E-state index contributed by atoms with van der Waals surface area (Å²) >= 11 is 6.21. The SMILES string of the molecule is C=C(C(=O)[C@@H]1CC/C(=C/C(C)(C)C)C[C@H]1c1ccc(Cl)cc1)[C@@H](CCCC)C(=O)N1CCC=C(CC)CC1. The van der Waals surface area contributed by atoms with Crippen molar-refractivity contribution in [1.82, 2.24) is 4.90 Å². The molecular weight excluding hydrogens is 490 g/mol. The summed E-state index contributed by atoms with van der Waals surface area (Å²) in [5.41, 5.74) is 4.59. The van der Waals surface area contributed by atoms with Crippen LogP contribution in [-0.2, 0) is 9.59 Å². The molecule has 1 aliphatic carbocycles. The molecule has 2 aliphatic rings. The van der Waals surface area contributed by atoms with Crippen LogP contribution in [0.3, 0.4) is 0 Å². The first-order valence-electron chi connectivity index (χ1n) is 14.7. The summed E-state index contributed by atoms with van der Waals surface area (Å²) in [6.45, 7) is 16.8. The van der Waals surface area contributed by atoms with Gasteiger partial charge in [0.05, 0.1) is 5.92 Å². The number of hydrogen-bond acceptors (Lipinski definition) is 2. The second-order valence-corrected chi connectivity index (χ2v) is 12.8.